The van der Waals surface area contributed by atoms with Crippen LogP contribution in [0.1, 0.15) is 5.56 Å². The molecule has 0 aliphatic carbocycles. The van der Waals surface area contributed by atoms with Crippen LogP contribution in [0.15, 0.2) is 78.9 Å². The fourth-order valence-corrected chi connectivity index (χ4v) is 3.22. The molecule has 0 radical (unpaired) electrons. The van der Waals surface area contributed by atoms with Gasteiger partial charge in [0.2, 0.25) is 5.91 Å². The summed E-state index contributed by atoms with van der Waals surface area (Å²) < 4.78 is 0. The van der Waals surface area contributed by atoms with Gasteiger partial charge in [0, 0.05) is 37.9 Å². The maximum Gasteiger partial charge on any atom is 0.246 e. The number of benzene rings is 2. The van der Waals surface area contributed by atoms with Crippen molar-refractivity contribution >= 4 is 29.3 Å². The molecule has 0 bridgehead atoms. The molecule has 1 fully saturated rings. The Hall–Kier alpha value is -3.67. The first kappa shape index (κ1) is 18.7. The Morgan fingerprint density at radius 3 is 2.17 bits per heavy atom. The van der Waals surface area contributed by atoms with E-state index in [0.717, 1.165) is 30.2 Å². The van der Waals surface area contributed by atoms with Gasteiger partial charge in [-0.05, 0) is 35.9 Å². The molecule has 2 aromatic carbocycles. The average molecular weight is 385 g/mol. The number of carbonyl (C=O) groups excluding carboxylic acids is 1. The second kappa shape index (κ2) is 9.01. The topological polar surface area (TPSA) is 61.4 Å². The first-order chi connectivity index (χ1) is 14.3. The molecule has 0 saturated carbocycles. The Balaban J connectivity index is 1.30. The van der Waals surface area contributed by atoms with Crippen molar-refractivity contribution in [2.45, 2.75) is 0 Å². The van der Waals surface area contributed by atoms with Crippen LogP contribution in [-0.4, -0.2) is 47.2 Å². The van der Waals surface area contributed by atoms with Crippen molar-refractivity contribution in [2.75, 3.05) is 36.4 Å². The predicted molar refractivity (Wildman–Crippen MR) is 116 cm³/mol. The molecule has 1 aromatic heterocycles. The smallest absolute Gasteiger partial charge is 0.246 e. The number of hydrogen-bond donors (Lipinski definition) is 1. The molecular formula is C23H23N5O. The number of rotatable bonds is 5. The Labute approximate surface area is 170 Å². The van der Waals surface area contributed by atoms with Gasteiger partial charge in [0.15, 0.2) is 11.6 Å². The molecule has 3 aromatic rings. The lowest BCUT2D eigenvalue weighted by molar-refractivity contribution is -0.126. The zero-order chi connectivity index (χ0) is 19.9. The van der Waals surface area contributed by atoms with E-state index < -0.39 is 0 Å². The van der Waals surface area contributed by atoms with E-state index in [1.165, 1.54) is 0 Å². The molecule has 0 spiro atoms. The molecule has 146 valence electrons. The monoisotopic (exact) mass is 385 g/mol. The second-order valence-corrected chi connectivity index (χ2v) is 6.82. The molecule has 29 heavy (non-hydrogen) atoms. The van der Waals surface area contributed by atoms with E-state index in [1.807, 2.05) is 83.8 Å². The van der Waals surface area contributed by atoms with E-state index in [4.69, 9.17) is 0 Å². The number of piperazine rings is 1. The van der Waals surface area contributed by atoms with Crippen LogP contribution in [0, 0.1) is 0 Å². The molecule has 1 aliphatic heterocycles. The van der Waals surface area contributed by atoms with Crippen molar-refractivity contribution in [3.8, 4) is 0 Å². The van der Waals surface area contributed by atoms with Gasteiger partial charge in [0.1, 0.15) is 0 Å². The molecule has 6 heteroatoms. The molecule has 1 amide bonds. The van der Waals surface area contributed by atoms with Crippen molar-refractivity contribution < 1.29 is 4.79 Å². The molecule has 0 unspecified atom stereocenters. The van der Waals surface area contributed by atoms with Crippen LogP contribution < -0.4 is 10.2 Å². The number of amides is 1. The average Bonchev–Trinajstić information content (AvgIpc) is 2.79. The van der Waals surface area contributed by atoms with Gasteiger partial charge < -0.3 is 15.1 Å². The number of nitrogens with zero attached hydrogens (tertiary/aromatic N) is 4. The Bertz CT molecular complexity index is 950. The molecule has 1 saturated heterocycles. The van der Waals surface area contributed by atoms with Crippen LogP contribution in [0.2, 0.25) is 0 Å². The molecule has 4 rings (SSSR count). The minimum Gasteiger partial charge on any atom is -0.352 e. The summed E-state index contributed by atoms with van der Waals surface area (Å²) >= 11 is 0. The van der Waals surface area contributed by atoms with Gasteiger partial charge in [-0.1, -0.05) is 48.5 Å². The highest BCUT2D eigenvalue weighted by atomic mass is 16.2. The third kappa shape index (κ3) is 4.99. The van der Waals surface area contributed by atoms with Crippen LogP contribution in [-0.2, 0) is 4.79 Å². The zero-order valence-electron chi connectivity index (χ0n) is 16.1. The maximum atomic E-state index is 12.4. The summed E-state index contributed by atoms with van der Waals surface area (Å²) in [5.74, 6) is 1.58. The fraction of sp³-hybridized carbons (Fsp3) is 0.174. The van der Waals surface area contributed by atoms with Gasteiger partial charge in [-0.25, -0.2) is 0 Å². The zero-order valence-corrected chi connectivity index (χ0v) is 16.1. The highest BCUT2D eigenvalue weighted by molar-refractivity contribution is 5.91. The summed E-state index contributed by atoms with van der Waals surface area (Å²) in [5.41, 5.74) is 2.00. The van der Waals surface area contributed by atoms with E-state index in [9.17, 15) is 4.79 Å². The Kier molecular flexibility index (Phi) is 5.81. The second-order valence-electron chi connectivity index (χ2n) is 6.82. The maximum absolute atomic E-state index is 12.4. The largest absolute Gasteiger partial charge is 0.352 e. The third-order valence-corrected chi connectivity index (χ3v) is 4.83. The van der Waals surface area contributed by atoms with E-state index in [-0.39, 0.29) is 5.91 Å². The fourth-order valence-electron chi connectivity index (χ4n) is 3.22. The first-order valence-corrected chi connectivity index (χ1v) is 9.71. The van der Waals surface area contributed by atoms with E-state index in [2.05, 4.69) is 20.4 Å². The lowest BCUT2D eigenvalue weighted by Gasteiger charge is -2.34. The van der Waals surface area contributed by atoms with Crippen molar-refractivity contribution in [3.63, 3.8) is 0 Å². The van der Waals surface area contributed by atoms with Gasteiger partial charge >= 0.3 is 0 Å². The van der Waals surface area contributed by atoms with E-state index in [0.29, 0.717) is 18.9 Å². The summed E-state index contributed by atoms with van der Waals surface area (Å²) in [6, 6.07) is 23.6. The van der Waals surface area contributed by atoms with E-state index >= 15 is 0 Å². The van der Waals surface area contributed by atoms with Crippen molar-refractivity contribution in [1.82, 2.24) is 15.1 Å². The number of carbonyl (C=O) groups is 1. The highest BCUT2D eigenvalue weighted by Crippen LogP contribution is 2.17. The Morgan fingerprint density at radius 1 is 0.828 bits per heavy atom. The Morgan fingerprint density at radius 2 is 1.52 bits per heavy atom. The van der Waals surface area contributed by atoms with Crippen LogP contribution >= 0.6 is 0 Å². The SMILES string of the molecule is O=C(/C=C/c1ccccc1)N1CCN(c2ccc(Nc3ccccc3)nn2)CC1. The van der Waals surface area contributed by atoms with Crippen molar-refractivity contribution in [1.29, 1.82) is 0 Å². The highest BCUT2D eigenvalue weighted by Gasteiger charge is 2.20. The first-order valence-electron chi connectivity index (χ1n) is 9.71. The van der Waals surface area contributed by atoms with Gasteiger partial charge in [0.25, 0.3) is 0 Å². The number of nitrogens with one attached hydrogen (secondary N) is 1. The van der Waals surface area contributed by atoms with Crippen LogP contribution in [0.5, 0.6) is 0 Å². The molecule has 6 nitrogen and oxygen atoms in total. The molecule has 1 N–H and O–H groups in total. The number of para-hydroxylation sites is 1. The van der Waals surface area contributed by atoms with Gasteiger partial charge in [-0.15, -0.1) is 10.2 Å². The molecular weight excluding hydrogens is 362 g/mol. The number of anilines is 3. The lowest BCUT2D eigenvalue weighted by atomic mass is 10.2. The van der Waals surface area contributed by atoms with Gasteiger partial charge in [0.05, 0.1) is 0 Å². The molecule has 0 atom stereocenters. The van der Waals surface area contributed by atoms with Crippen LogP contribution in [0.3, 0.4) is 0 Å². The number of hydrogen-bond acceptors (Lipinski definition) is 5. The normalized spacial score (nSPS) is 14.2. The van der Waals surface area contributed by atoms with Crippen LogP contribution in [0.4, 0.5) is 17.3 Å². The minimum absolute atomic E-state index is 0.0435. The standard InChI is InChI=1S/C23H23N5O/c29-23(14-11-19-7-3-1-4-8-19)28-17-15-27(16-18-28)22-13-12-21(25-26-22)24-20-9-5-2-6-10-20/h1-14H,15-18H2,(H,24,25)/b14-11+. The predicted octanol–water partition coefficient (Wildman–Crippen LogP) is 3.58. The summed E-state index contributed by atoms with van der Waals surface area (Å²) in [7, 11) is 0. The lowest BCUT2D eigenvalue weighted by Crippen LogP contribution is -2.48. The van der Waals surface area contributed by atoms with Gasteiger partial charge in [-0.2, -0.15) is 0 Å². The van der Waals surface area contributed by atoms with Crippen LogP contribution in [0.25, 0.3) is 6.08 Å². The molecule has 2 heterocycles. The minimum atomic E-state index is 0.0435. The summed E-state index contributed by atoms with van der Waals surface area (Å²) in [6.07, 6.45) is 3.51. The van der Waals surface area contributed by atoms with E-state index in [1.54, 1.807) is 6.08 Å². The number of aromatic nitrogens is 2. The summed E-state index contributed by atoms with van der Waals surface area (Å²) in [4.78, 5) is 16.4. The third-order valence-electron chi connectivity index (χ3n) is 4.83. The summed E-state index contributed by atoms with van der Waals surface area (Å²) in [5, 5.41) is 11.8. The van der Waals surface area contributed by atoms with Gasteiger partial charge in [-0.3, -0.25) is 4.79 Å². The van der Waals surface area contributed by atoms with Crippen molar-refractivity contribution in [3.05, 3.63) is 84.4 Å². The quantitative estimate of drug-likeness (QED) is 0.680. The van der Waals surface area contributed by atoms with Crippen molar-refractivity contribution in [2.24, 2.45) is 0 Å². The summed E-state index contributed by atoms with van der Waals surface area (Å²) in [6.45, 7) is 2.82. The molecule has 1 aliphatic rings.